The second-order valence-electron chi connectivity index (χ2n) is 10.6. The molecular formula is C22H23N3O3S. The lowest BCUT2D eigenvalue weighted by Gasteiger charge is -3.12. The maximum atomic E-state index is 12.9. The minimum Gasteiger partial charge on any atom is -0.484 e. The number of fused-ring (bicyclic) bond motifs is 1. The van der Waals surface area contributed by atoms with Crippen LogP contribution in [0.25, 0.3) is 10.2 Å². The van der Waals surface area contributed by atoms with Gasteiger partial charge in [0.25, 0.3) is 0 Å². The number of likely N-dealkylation sites (tertiary alicyclic amines) is 1. The summed E-state index contributed by atoms with van der Waals surface area (Å²) in [5.74, 6) is 4.69. The highest BCUT2D eigenvalue weighted by Crippen LogP contribution is 3.08. The molecule has 7 fully saturated rings. The highest BCUT2D eigenvalue weighted by atomic mass is 32.1. The van der Waals surface area contributed by atoms with Gasteiger partial charge in [-0.1, -0.05) is 6.07 Å². The SMILES string of the molecule is CC(C)(O)C12C3C4C1C1C2C3C41NC(=O)N1CC(Oc2cccc3scnc23)C1. The molecule has 2 heterocycles. The molecule has 9 rings (SSSR count). The Morgan fingerprint density at radius 3 is 2.59 bits per heavy atom. The van der Waals surface area contributed by atoms with Gasteiger partial charge in [-0.05, 0) is 61.5 Å². The average molecular weight is 410 g/mol. The van der Waals surface area contributed by atoms with E-state index in [4.69, 9.17) is 4.74 Å². The van der Waals surface area contributed by atoms with Gasteiger partial charge in [0.15, 0.2) is 0 Å². The van der Waals surface area contributed by atoms with E-state index < -0.39 is 5.60 Å². The van der Waals surface area contributed by atoms with E-state index in [0.29, 0.717) is 48.6 Å². The third kappa shape index (κ3) is 1.30. The van der Waals surface area contributed by atoms with Gasteiger partial charge in [0.05, 0.1) is 34.4 Å². The van der Waals surface area contributed by atoms with Crippen LogP contribution < -0.4 is 10.1 Å². The van der Waals surface area contributed by atoms with Crippen LogP contribution >= 0.6 is 11.3 Å². The topological polar surface area (TPSA) is 74.7 Å². The van der Waals surface area contributed by atoms with Crippen molar-refractivity contribution in [2.24, 2.45) is 40.9 Å². The maximum Gasteiger partial charge on any atom is 0.318 e. The van der Waals surface area contributed by atoms with E-state index in [2.05, 4.69) is 10.3 Å². The summed E-state index contributed by atoms with van der Waals surface area (Å²) < 4.78 is 7.24. The van der Waals surface area contributed by atoms with Gasteiger partial charge in [0, 0.05) is 5.41 Å². The molecule has 0 unspecified atom stereocenters. The summed E-state index contributed by atoms with van der Waals surface area (Å²) in [4.78, 5) is 19.1. The van der Waals surface area contributed by atoms with Gasteiger partial charge in [-0.3, -0.25) is 0 Å². The van der Waals surface area contributed by atoms with E-state index in [0.717, 1.165) is 16.0 Å². The molecule has 150 valence electrons. The molecule has 2 amide bonds. The lowest BCUT2D eigenvalue weighted by atomic mass is 8.93. The van der Waals surface area contributed by atoms with Crippen molar-refractivity contribution in [3.63, 3.8) is 0 Å². The van der Waals surface area contributed by atoms with Crippen molar-refractivity contribution < 1.29 is 14.6 Å². The van der Waals surface area contributed by atoms with Gasteiger partial charge in [0.1, 0.15) is 17.4 Å². The molecule has 7 aliphatic rings. The summed E-state index contributed by atoms with van der Waals surface area (Å²) in [7, 11) is 0. The number of hydrogen-bond donors (Lipinski definition) is 2. The third-order valence-electron chi connectivity index (χ3n) is 9.77. The quantitative estimate of drug-likeness (QED) is 0.813. The number of nitrogens with one attached hydrogen (secondary N) is 1. The second kappa shape index (κ2) is 4.28. The summed E-state index contributed by atoms with van der Waals surface area (Å²) in [5, 5.41) is 14.1. The fourth-order valence-electron chi connectivity index (χ4n) is 9.08. The van der Waals surface area contributed by atoms with Crippen LogP contribution in [0.4, 0.5) is 4.79 Å². The molecule has 1 aliphatic heterocycles. The van der Waals surface area contributed by atoms with Crippen LogP contribution in [0.2, 0.25) is 0 Å². The molecule has 6 saturated carbocycles. The van der Waals surface area contributed by atoms with Crippen molar-refractivity contribution in [1.29, 1.82) is 0 Å². The van der Waals surface area contributed by atoms with Crippen LogP contribution in [0.5, 0.6) is 5.75 Å². The van der Waals surface area contributed by atoms with Crippen molar-refractivity contribution in [2.45, 2.75) is 31.1 Å². The first-order valence-corrected chi connectivity index (χ1v) is 11.6. The predicted molar refractivity (Wildman–Crippen MR) is 107 cm³/mol. The monoisotopic (exact) mass is 409 g/mol. The summed E-state index contributed by atoms with van der Waals surface area (Å²) in [6.45, 7) is 5.25. The number of aliphatic hydroxyl groups is 1. The summed E-state index contributed by atoms with van der Waals surface area (Å²) in [6.07, 6.45) is 0.0376. The first-order chi connectivity index (χ1) is 13.9. The number of hydrogen-bond acceptors (Lipinski definition) is 5. The van der Waals surface area contributed by atoms with Crippen LogP contribution in [0.3, 0.4) is 0 Å². The Bertz CT molecular complexity index is 1060. The number of urea groups is 1. The van der Waals surface area contributed by atoms with Gasteiger partial charge in [0.2, 0.25) is 0 Å². The Kier molecular flexibility index (Phi) is 2.35. The Hall–Kier alpha value is -1.86. The molecule has 29 heavy (non-hydrogen) atoms. The number of thiazole rings is 1. The number of nitrogens with zero attached hydrogens (tertiary/aromatic N) is 2. The van der Waals surface area contributed by atoms with Gasteiger partial charge in [-0.15, -0.1) is 11.3 Å². The van der Waals surface area contributed by atoms with Gasteiger partial charge in [-0.2, -0.15) is 0 Å². The number of benzene rings is 1. The van der Waals surface area contributed by atoms with Crippen molar-refractivity contribution in [3.8, 4) is 5.75 Å². The van der Waals surface area contributed by atoms with Crippen molar-refractivity contribution >= 4 is 27.6 Å². The molecule has 0 bridgehead atoms. The van der Waals surface area contributed by atoms with Gasteiger partial charge in [-0.25, -0.2) is 9.78 Å². The van der Waals surface area contributed by atoms with E-state index in [9.17, 15) is 9.90 Å². The zero-order chi connectivity index (χ0) is 19.5. The molecular weight excluding hydrogens is 386 g/mol. The zero-order valence-corrected chi connectivity index (χ0v) is 17.1. The third-order valence-corrected chi connectivity index (χ3v) is 10.6. The van der Waals surface area contributed by atoms with E-state index in [-0.39, 0.29) is 23.1 Å². The predicted octanol–water partition coefficient (Wildman–Crippen LogP) is 2.33. The summed E-state index contributed by atoms with van der Waals surface area (Å²) >= 11 is 1.61. The minimum absolute atomic E-state index is 0.0376. The highest BCUT2D eigenvalue weighted by Gasteiger charge is 3.11. The molecule has 6 aliphatic carbocycles. The molecule has 1 saturated heterocycles. The molecule has 6 nitrogen and oxygen atoms in total. The number of para-hydroxylation sites is 1. The second-order valence-corrected chi connectivity index (χ2v) is 11.5. The fourth-order valence-corrected chi connectivity index (χ4v) is 9.77. The number of amides is 2. The first kappa shape index (κ1) is 15.9. The Morgan fingerprint density at radius 1 is 1.24 bits per heavy atom. The Balaban J connectivity index is 0.922. The van der Waals surface area contributed by atoms with E-state index >= 15 is 0 Å². The molecule has 0 atom stereocenters. The molecule has 2 aromatic rings. The number of rotatable bonds is 4. The van der Waals surface area contributed by atoms with Crippen LogP contribution in [0.15, 0.2) is 23.7 Å². The van der Waals surface area contributed by atoms with E-state index in [1.54, 1.807) is 11.3 Å². The molecule has 0 spiro atoms. The molecule has 1 aromatic heterocycles. The van der Waals surface area contributed by atoms with Crippen molar-refractivity contribution in [1.82, 2.24) is 15.2 Å². The highest BCUT2D eigenvalue weighted by molar-refractivity contribution is 7.16. The van der Waals surface area contributed by atoms with Crippen LogP contribution in [0, 0.1) is 40.9 Å². The van der Waals surface area contributed by atoms with Gasteiger partial charge < -0.3 is 20.1 Å². The van der Waals surface area contributed by atoms with Crippen LogP contribution in [-0.2, 0) is 0 Å². The Labute approximate surface area is 172 Å². The smallest absolute Gasteiger partial charge is 0.318 e. The minimum atomic E-state index is -0.560. The lowest BCUT2D eigenvalue weighted by molar-refractivity contribution is -0.645. The van der Waals surface area contributed by atoms with Crippen molar-refractivity contribution in [3.05, 3.63) is 23.7 Å². The first-order valence-electron chi connectivity index (χ1n) is 10.7. The largest absolute Gasteiger partial charge is 0.484 e. The van der Waals surface area contributed by atoms with E-state index in [1.165, 1.54) is 0 Å². The number of carbonyl (C=O) groups is 1. The summed E-state index contributed by atoms with van der Waals surface area (Å²) in [5.41, 5.74) is 2.47. The lowest BCUT2D eigenvalue weighted by Crippen LogP contribution is -3.17. The number of ether oxygens (including phenoxy) is 1. The average Bonchev–Trinajstić information content (AvgIpc) is 3.13. The maximum absolute atomic E-state index is 12.9. The molecule has 0 radical (unpaired) electrons. The van der Waals surface area contributed by atoms with Crippen LogP contribution in [-0.4, -0.2) is 51.4 Å². The molecule has 7 heteroatoms. The normalized spacial score (nSPS) is 47.1. The molecule has 1 aromatic carbocycles. The van der Waals surface area contributed by atoms with Crippen LogP contribution in [0.1, 0.15) is 13.8 Å². The summed E-state index contributed by atoms with van der Waals surface area (Å²) in [6, 6.07) is 6.07. The fraction of sp³-hybridized carbons (Fsp3) is 0.636. The zero-order valence-electron chi connectivity index (χ0n) is 16.3. The number of aromatic nitrogens is 1. The van der Waals surface area contributed by atoms with Crippen molar-refractivity contribution in [2.75, 3.05) is 13.1 Å². The Morgan fingerprint density at radius 2 is 1.93 bits per heavy atom. The number of carbonyl (C=O) groups excluding carboxylic acids is 1. The van der Waals surface area contributed by atoms with Gasteiger partial charge >= 0.3 is 6.03 Å². The standard InChI is InChI=1S/C22H23N3O3S/c1-20(2,27)21-12-15-13(21)17-14(21)16(12)22(15,17)24-19(26)25-6-9(7-25)28-10-4-3-5-11-18(10)23-8-29-11/h3-5,8-9,12-17,27H,6-7H2,1-2H3,(H,24,26). The van der Waals surface area contributed by atoms with E-state index in [1.807, 2.05) is 42.5 Å². The molecule has 2 N–H and O–H groups in total.